The summed E-state index contributed by atoms with van der Waals surface area (Å²) in [6.07, 6.45) is 1.74. The standard InChI is InChI=1S/C31H39N3O5S/c1-6-7-20-32-31(36)25(4)33(21-26-16-18-27(39-5)19-17-26)30(35)22-34(29-15-11-12-23(2)24(29)3)40(37,38)28-13-9-8-10-14-28/h8-19,25H,6-7,20-22H2,1-5H3,(H,32,36). The lowest BCUT2D eigenvalue weighted by molar-refractivity contribution is -0.139. The van der Waals surface area contributed by atoms with E-state index < -0.39 is 28.5 Å². The molecule has 3 aromatic carbocycles. The van der Waals surface area contributed by atoms with E-state index in [0.29, 0.717) is 18.0 Å². The van der Waals surface area contributed by atoms with Crippen molar-refractivity contribution in [1.82, 2.24) is 10.2 Å². The van der Waals surface area contributed by atoms with Gasteiger partial charge in [0.05, 0.1) is 17.7 Å². The zero-order valence-corrected chi connectivity index (χ0v) is 24.7. The first-order valence-electron chi connectivity index (χ1n) is 13.4. The number of amides is 2. The number of aryl methyl sites for hydroxylation is 1. The first-order valence-corrected chi connectivity index (χ1v) is 14.9. The Morgan fingerprint density at radius 1 is 0.950 bits per heavy atom. The molecule has 0 aliphatic heterocycles. The van der Waals surface area contributed by atoms with Gasteiger partial charge >= 0.3 is 0 Å². The molecule has 0 aliphatic rings. The van der Waals surface area contributed by atoms with Gasteiger partial charge in [-0.15, -0.1) is 0 Å². The topological polar surface area (TPSA) is 96.0 Å². The molecule has 0 spiro atoms. The van der Waals surface area contributed by atoms with E-state index in [-0.39, 0.29) is 17.3 Å². The molecule has 0 bridgehead atoms. The van der Waals surface area contributed by atoms with Crippen molar-refractivity contribution in [2.24, 2.45) is 0 Å². The number of carbonyl (C=O) groups is 2. The number of nitrogens with one attached hydrogen (secondary N) is 1. The molecule has 9 heteroatoms. The van der Waals surface area contributed by atoms with Crippen LogP contribution in [0.25, 0.3) is 0 Å². The predicted octanol–water partition coefficient (Wildman–Crippen LogP) is 4.84. The number of hydrogen-bond donors (Lipinski definition) is 1. The minimum absolute atomic E-state index is 0.0794. The monoisotopic (exact) mass is 565 g/mol. The normalized spacial score (nSPS) is 11.9. The smallest absolute Gasteiger partial charge is 0.264 e. The molecule has 0 fully saturated rings. The Hall–Kier alpha value is -3.85. The van der Waals surface area contributed by atoms with Crippen LogP contribution in [-0.4, -0.2) is 51.4 Å². The summed E-state index contributed by atoms with van der Waals surface area (Å²) < 4.78 is 34.2. The van der Waals surface area contributed by atoms with Gasteiger partial charge in [0.25, 0.3) is 10.0 Å². The molecule has 3 rings (SSSR count). The van der Waals surface area contributed by atoms with Crippen molar-refractivity contribution in [2.75, 3.05) is 24.5 Å². The van der Waals surface area contributed by atoms with E-state index in [1.54, 1.807) is 56.5 Å². The zero-order valence-electron chi connectivity index (χ0n) is 23.9. The molecule has 1 N–H and O–H groups in total. The minimum atomic E-state index is -4.10. The van der Waals surface area contributed by atoms with Crippen molar-refractivity contribution in [3.05, 3.63) is 89.5 Å². The van der Waals surface area contributed by atoms with Gasteiger partial charge < -0.3 is 15.0 Å². The predicted molar refractivity (Wildman–Crippen MR) is 158 cm³/mol. The van der Waals surface area contributed by atoms with Crippen LogP contribution < -0.4 is 14.4 Å². The molecule has 1 unspecified atom stereocenters. The Labute approximate surface area is 238 Å². The van der Waals surface area contributed by atoms with Gasteiger partial charge in [-0.25, -0.2) is 8.42 Å². The van der Waals surface area contributed by atoms with Gasteiger partial charge in [-0.05, 0) is 74.2 Å². The molecule has 0 aromatic heterocycles. The highest BCUT2D eigenvalue weighted by Gasteiger charge is 2.33. The Kier molecular flexibility index (Phi) is 10.7. The van der Waals surface area contributed by atoms with Crippen LogP contribution in [0.1, 0.15) is 43.4 Å². The maximum atomic E-state index is 14.0. The number of ether oxygens (including phenoxy) is 1. The number of anilines is 1. The molecular formula is C31H39N3O5S. The second-order valence-electron chi connectivity index (χ2n) is 9.73. The average molecular weight is 566 g/mol. The molecule has 0 heterocycles. The Morgan fingerprint density at radius 3 is 2.25 bits per heavy atom. The molecule has 1 atom stereocenters. The summed E-state index contributed by atoms with van der Waals surface area (Å²) in [7, 11) is -2.53. The van der Waals surface area contributed by atoms with E-state index >= 15 is 0 Å². The summed E-state index contributed by atoms with van der Waals surface area (Å²) in [5.74, 6) is -0.115. The van der Waals surface area contributed by atoms with Crippen molar-refractivity contribution in [2.45, 2.75) is 58.0 Å². The SMILES string of the molecule is CCCCNC(=O)C(C)N(Cc1ccc(OC)cc1)C(=O)CN(c1cccc(C)c1C)S(=O)(=O)c1ccccc1. The third-order valence-electron chi connectivity index (χ3n) is 6.96. The van der Waals surface area contributed by atoms with Crippen molar-refractivity contribution in [1.29, 1.82) is 0 Å². The molecule has 8 nitrogen and oxygen atoms in total. The summed E-state index contributed by atoms with van der Waals surface area (Å²) in [4.78, 5) is 28.6. The Balaban J connectivity index is 2.02. The lowest BCUT2D eigenvalue weighted by atomic mass is 10.1. The molecule has 0 aliphatic carbocycles. The van der Waals surface area contributed by atoms with E-state index in [1.165, 1.54) is 17.0 Å². The van der Waals surface area contributed by atoms with E-state index in [4.69, 9.17) is 4.74 Å². The Bertz CT molecular complexity index is 1390. The average Bonchev–Trinajstić information content (AvgIpc) is 2.96. The number of rotatable bonds is 13. The Morgan fingerprint density at radius 2 is 1.62 bits per heavy atom. The molecule has 40 heavy (non-hydrogen) atoms. The van der Waals surface area contributed by atoms with Crippen LogP contribution >= 0.6 is 0 Å². The number of benzene rings is 3. The van der Waals surface area contributed by atoms with Gasteiger partial charge in [-0.1, -0.05) is 55.8 Å². The van der Waals surface area contributed by atoms with E-state index in [2.05, 4.69) is 5.32 Å². The number of methoxy groups -OCH3 is 1. The summed E-state index contributed by atoms with van der Waals surface area (Å²) in [5.41, 5.74) is 2.85. The summed E-state index contributed by atoms with van der Waals surface area (Å²) in [6.45, 7) is 7.58. The number of nitrogens with zero attached hydrogens (tertiary/aromatic N) is 2. The van der Waals surface area contributed by atoms with Gasteiger partial charge in [0, 0.05) is 13.1 Å². The van der Waals surface area contributed by atoms with Crippen molar-refractivity contribution in [3.63, 3.8) is 0 Å². The fraction of sp³-hybridized carbons (Fsp3) is 0.355. The molecular weight excluding hydrogens is 526 g/mol. The molecule has 0 saturated carbocycles. The first-order chi connectivity index (χ1) is 19.1. The van der Waals surface area contributed by atoms with Crippen molar-refractivity contribution >= 4 is 27.5 Å². The molecule has 3 aromatic rings. The van der Waals surface area contributed by atoms with Crippen molar-refractivity contribution in [3.8, 4) is 5.75 Å². The minimum Gasteiger partial charge on any atom is -0.497 e. The van der Waals surface area contributed by atoms with Crippen LogP contribution in [0.3, 0.4) is 0 Å². The van der Waals surface area contributed by atoms with Crippen LogP contribution in [0.2, 0.25) is 0 Å². The third-order valence-corrected chi connectivity index (χ3v) is 8.74. The van der Waals surface area contributed by atoms with Gasteiger partial charge in [0.15, 0.2) is 0 Å². The van der Waals surface area contributed by atoms with Crippen LogP contribution in [0, 0.1) is 13.8 Å². The van der Waals surface area contributed by atoms with Crippen LogP contribution in [0.5, 0.6) is 5.75 Å². The van der Waals surface area contributed by atoms with Gasteiger partial charge in [-0.2, -0.15) is 0 Å². The number of carbonyl (C=O) groups excluding carboxylic acids is 2. The number of hydrogen-bond acceptors (Lipinski definition) is 5. The van der Waals surface area contributed by atoms with E-state index in [0.717, 1.165) is 33.8 Å². The van der Waals surface area contributed by atoms with Gasteiger partial charge in [0.2, 0.25) is 11.8 Å². The van der Waals surface area contributed by atoms with E-state index in [9.17, 15) is 18.0 Å². The molecule has 0 saturated heterocycles. The lowest BCUT2D eigenvalue weighted by Gasteiger charge is -2.32. The van der Waals surface area contributed by atoms with Crippen LogP contribution in [-0.2, 0) is 26.2 Å². The number of unbranched alkanes of at least 4 members (excludes halogenated alkanes) is 1. The first kappa shape index (κ1) is 30.7. The quantitative estimate of drug-likeness (QED) is 0.299. The molecule has 0 radical (unpaired) electrons. The number of sulfonamides is 1. The zero-order chi connectivity index (χ0) is 29.3. The highest BCUT2D eigenvalue weighted by Crippen LogP contribution is 2.29. The summed E-state index contributed by atoms with van der Waals surface area (Å²) in [5, 5.41) is 2.90. The second-order valence-corrected chi connectivity index (χ2v) is 11.6. The molecule has 214 valence electrons. The third kappa shape index (κ3) is 7.41. The summed E-state index contributed by atoms with van der Waals surface area (Å²) >= 11 is 0. The highest BCUT2D eigenvalue weighted by molar-refractivity contribution is 7.92. The highest BCUT2D eigenvalue weighted by atomic mass is 32.2. The largest absolute Gasteiger partial charge is 0.497 e. The van der Waals surface area contributed by atoms with Crippen LogP contribution in [0.4, 0.5) is 5.69 Å². The van der Waals surface area contributed by atoms with Gasteiger partial charge in [-0.3, -0.25) is 13.9 Å². The molecule has 2 amide bonds. The van der Waals surface area contributed by atoms with Crippen molar-refractivity contribution < 1.29 is 22.7 Å². The lowest BCUT2D eigenvalue weighted by Crippen LogP contribution is -2.51. The maximum Gasteiger partial charge on any atom is 0.264 e. The second kappa shape index (κ2) is 14.0. The van der Waals surface area contributed by atoms with Crippen LogP contribution in [0.15, 0.2) is 77.7 Å². The summed E-state index contributed by atoms with van der Waals surface area (Å²) in [6, 6.07) is 19.8. The fourth-order valence-electron chi connectivity index (χ4n) is 4.29. The van der Waals surface area contributed by atoms with E-state index in [1.807, 2.05) is 39.0 Å². The maximum absolute atomic E-state index is 14.0. The fourth-order valence-corrected chi connectivity index (χ4v) is 5.78. The van der Waals surface area contributed by atoms with Gasteiger partial charge in [0.1, 0.15) is 18.3 Å².